The predicted octanol–water partition coefficient (Wildman–Crippen LogP) is 1.10. The smallest absolute Gasteiger partial charge is 0.236 e. The largest absolute Gasteiger partial charge is 0.530 e. The number of halogens is 1. The summed E-state index contributed by atoms with van der Waals surface area (Å²) in [6.45, 7) is 3.66. The Morgan fingerprint density at radius 3 is 2.79 bits per heavy atom. The third-order valence-electron chi connectivity index (χ3n) is 1.79. The van der Waals surface area contributed by atoms with Gasteiger partial charge in [0.15, 0.2) is 0 Å². The number of pyridine rings is 1. The molecule has 14 heavy (non-hydrogen) atoms. The molecule has 0 aromatic carbocycles. The van der Waals surface area contributed by atoms with Crippen LogP contribution in [-0.4, -0.2) is 11.1 Å². The highest BCUT2D eigenvalue weighted by Crippen LogP contribution is 2.24. The molecular formula is C9H10FN2O2-. The lowest BCUT2D eigenvalue weighted by Gasteiger charge is -2.14. The molecule has 0 spiro atoms. The van der Waals surface area contributed by atoms with Crippen molar-refractivity contribution in [3.8, 4) is 0 Å². The highest BCUT2D eigenvalue weighted by molar-refractivity contribution is 5.82. The third-order valence-corrected chi connectivity index (χ3v) is 1.79. The number of amides is 1. The van der Waals surface area contributed by atoms with E-state index < -0.39 is 12.0 Å². The first-order valence-corrected chi connectivity index (χ1v) is 4.14. The predicted molar refractivity (Wildman–Crippen MR) is 47.3 cm³/mol. The molecule has 0 bridgehead atoms. The van der Waals surface area contributed by atoms with Gasteiger partial charge in [-0.1, -0.05) is 13.8 Å². The van der Waals surface area contributed by atoms with Gasteiger partial charge < -0.3 is 15.2 Å². The number of hydrogen-bond donors (Lipinski definition) is 1. The van der Waals surface area contributed by atoms with Gasteiger partial charge in [-0.15, -0.1) is 0 Å². The molecule has 5 heteroatoms. The van der Waals surface area contributed by atoms with Crippen LogP contribution < -0.4 is 10.4 Å². The number of carbonyl (C=O) groups is 1. The van der Waals surface area contributed by atoms with Gasteiger partial charge in [-0.05, 0) is 17.5 Å². The summed E-state index contributed by atoms with van der Waals surface area (Å²) in [6.07, 6.45) is -0.246. The zero-order valence-electron chi connectivity index (χ0n) is 7.87. The second-order valence-corrected chi connectivity index (χ2v) is 3.13. The van der Waals surface area contributed by atoms with E-state index in [0.29, 0.717) is 5.56 Å². The summed E-state index contributed by atoms with van der Waals surface area (Å²) in [5.74, 6) is -0.824. The van der Waals surface area contributed by atoms with E-state index in [1.54, 1.807) is 6.07 Å². The number of nitrogens with zero attached hydrogens (tertiary/aromatic N) is 1. The number of aromatic nitrogens is 1. The molecule has 0 atom stereocenters. The zero-order chi connectivity index (χ0) is 10.7. The molecular weight excluding hydrogens is 187 g/mol. The van der Waals surface area contributed by atoms with Crippen LogP contribution in [-0.2, 0) is 0 Å². The summed E-state index contributed by atoms with van der Waals surface area (Å²) in [7, 11) is 0. The molecule has 4 nitrogen and oxygen atoms in total. The van der Waals surface area contributed by atoms with Crippen molar-refractivity contribution in [1.82, 2.24) is 4.98 Å². The van der Waals surface area contributed by atoms with Crippen molar-refractivity contribution in [2.75, 3.05) is 5.32 Å². The molecule has 1 rings (SSSR count). The van der Waals surface area contributed by atoms with Crippen LogP contribution in [0.15, 0.2) is 12.3 Å². The Labute approximate surface area is 80.8 Å². The van der Waals surface area contributed by atoms with Crippen molar-refractivity contribution in [1.29, 1.82) is 0 Å². The number of hydrogen-bond acceptors (Lipinski definition) is 3. The Hall–Kier alpha value is -1.65. The Balaban J connectivity index is 3.15. The topological polar surface area (TPSA) is 65.0 Å². The van der Waals surface area contributed by atoms with Gasteiger partial charge in [0, 0.05) is 6.20 Å². The third kappa shape index (κ3) is 2.18. The molecule has 76 valence electrons. The maximum atomic E-state index is 13.1. The van der Waals surface area contributed by atoms with Crippen LogP contribution in [0.25, 0.3) is 0 Å². The summed E-state index contributed by atoms with van der Waals surface area (Å²) in [5, 5.41) is 12.2. The van der Waals surface area contributed by atoms with Crippen molar-refractivity contribution in [2.24, 2.45) is 0 Å². The van der Waals surface area contributed by atoms with Crippen molar-refractivity contribution in [3.63, 3.8) is 0 Å². The Bertz CT molecular complexity index is 353. The highest BCUT2D eigenvalue weighted by atomic mass is 19.1. The van der Waals surface area contributed by atoms with Gasteiger partial charge in [-0.3, -0.25) is 0 Å². The fraction of sp³-hybridized carbons (Fsp3) is 0.333. The molecule has 0 fully saturated rings. The molecule has 0 aliphatic heterocycles. The first-order valence-electron chi connectivity index (χ1n) is 4.14. The van der Waals surface area contributed by atoms with Crippen LogP contribution in [0.3, 0.4) is 0 Å². The lowest BCUT2D eigenvalue weighted by atomic mass is 10.0. The summed E-state index contributed by atoms with van der Waals surface area (Å²) < 4.78 is 13.1. The maximum Gasteiger partial charge on any atom is 0.236 e. The summed E-state index contributed by atoms with van der Waals surface area (Å²) in [6, 6.07) is 1.57. The summed E-state index contributed by atoms with van der Waals surface area (Å²) in [4.78, 5) is 13.6. The molecule has 0 unspecified atom stereocenters. The van der Waals surface area contributed by atoms with Gasteiger partial charge in [0.1, 0.15) is 6.09 Å². The Morgan fingerprint density at radius 2 is 2.29 bits per heavy atom. The number of carbonyl (C=O) groups excluding carboxylic acids is 1. The minimum atomic E-state index is -1.54. The van der Waals surface area contributed by atoms with E-state index in [4.69, 9.17) is 0 Å². The first-order chi connectivity index (χ1) is 6.52. The van der Waals surface area contributed by atoms with Gasteiger partial charge in [-0.25, -0.2) is 4.98 Å². The van der Waals surface area contributed by atoms with Crippen LogP contribution in [0.2, 0.25) is 0 Å². The number of nitrogens with one attached hydrogen (secondary N) is 1. The van der Waals surface area contributed by atoms with Crippen molar-refractivity contribution in [2.45, 2.75) is 19.8 Å². The molecule has 1 aromatic heterocycles. The van der Waals surface area contributed by atoms with E-state index in [-0.39, 0.29) is 11.6 Å². The molecule has 1 amide bonds. The van der Waals surface area contributed by atoms with Crippen LogP contribution in [0.5, 0.6) is 0 Å². The molecule has 0 aliphatic rings. The average molecular weight is 197 g/mol. The normalized spacial score (nSPS) is 10.3. The fourth-order valence-electron chi connectivity index (χ4n) is 1.16. The quantitative estimate of drug-likeness (QED) is 0.722. The number of anilines is 1. The van der Waals surface area contributed by atoms with E-state index in [1.165, 1.54) is 6.20 Å². The SMILES string of the molecule is CC(C)c1ccnc(F)c1NC(=O)[O-]. The molecule has 0 aliphatic carbocycles. The molecule has 0 radical (unpaired) electrons. The van der Waals surface area contributed by atoms with Gasteiger partial charge in [-0.2, -0.15) is 4.39 Å². The van der Waals surface area contributed by atoms with Crippen molar-refractivity contribution < 1.29 is 14.3 Å². The van der Waals surface area contributed by atoms with Crippen molar-refractivity contribution >= 4 is 11.8 Å². The molecule has 1 aromatic rings. The van der Waals surface area contributed by atoms with Crippen LogP contribution in [0, 0.1) is 5.95 Å². The van der Waals surface area contributed by atoms with Crippen LogP contribution >= 0.6 is 0 Å². The van der Waals surface area contributed by atoms with Crippen LogP contribution in [0.1, 0.15) is 25.3 Å². The monoisotopic (exact) mass is 197 g/mol. The highest BCUT2D eigenvalue weighted by Gasteiger charge is 2.11. The average Bonchev–Trinajstić information content (AvgIpc) is 2.07. The second-order valence-electron chi connectivity index (χ2n) is 3.13. The molecule has 0 saturated heterocycles. The van der Waals surface area contributed by atoms with E-state index in [0.717, 1.165) is 0 Å². The molecule has 0 saturated carbocycles. The fourth-order valence-corrected chi connectivity index (χ4v) is 1.16. The first kappa shape index (κ1) is 10.4. The van der Waals surface area contributed by atoms with Crippen LogP contribution in [0.4, 0.5) is 14.9 Å². The second kappa shape index (κ2) is 4.04. The van der Waals surface area contributed by atoms with E-state index in [2.05, 4.69) is 4.98 Å². The van der Waals surface area contributed by atoms with Gasteiger partial charge in [0.2, 0.25) is 5.95 Å². The minimum absolute atomic E-state index is 0.00866. The van der Waals surface area contributed by atoms with E-state index in [1.807, 2.05) is 19.2 Å². The van der Waals surface area contributed by atoms with E-state index in [9.17, 15) is 14.3 Å². The molecule has 1 N–H and O–H groups in total. The summed E-state index contributed by atoms with van der Waals surface area (Å²) in [5.41, 5.74) is 0.434. The minimum Gasteiger partial charge on any atom is -0.530 e. The lowest BCUT2D eigenvalue weighted by molar-refractivity contribution is -0.242. The Kier molecular flexibility index (Phi) is 3.01. The number of carboxylic acid groups (broad SMARTS) is 1. The van der Waals surface area contributed by atoms with Crippen molar-refractivity contribution in [3.05, 3.63) is 23.8 Å². The van der Waals surface area contributed by atoms with Gasteiger partial charge >= 0.3 is 0 Å². The number of rotatable bonds is 2. The molecule has 1 heterocycles. The zero-order valence-corrected chi connectivity index (χ0v) is 7.87. The standard InChI is InChI=1S/C9H11FN2O2/c1-5(2)6-3-4-11-8(10)7(6)12-9(13)14/h3-5,12H,1-2H3,(H,13,14)/p-1. The van der Waals surface area contributed by atoms with Gasteiger partial charge in [0.05, 0.1) is 5.69 Å². The van der Waals surface area contributed by atoms with Gasteiger partial charge in [0.25, 0.3) is 0 Å². The Morgan fingerprint density at radius 1 is 1.64 bits per heavy atom. The lowest BCUT2D eigenvalue weighted by Crippen LogP contribution is -2.30. The van der Waals surface area contributed by atoms with E-state index >= 15 is 0 Å². The summed E-state index contributed by atoms with van der Waals surface area (Å²) >= 11 is 0. The maximum absolute atomic E-state index is 13.1.